The number of urea groups is 1. The van der Waals surface area contributed by atoms with E-state index in [-0.39, 0.29) is 12.6 Å². The van der Waals surface area contributed by atoms with Crippen molar-refractivity contribution < 1.29 is 9.90 Å². The molecule has 2 rings (SSSR count). The highest BCUT2D eigenvalue weighted by Gasteiger charge is 2.25. The first-order valence-corrected chi connectivity index (χ1v) is 6.71. The molecule has 0 aliphatic carbocycles. The van der Waals surface area contributed by atoms with Gasteiger partial charge in [-0.3, -0.25) is 0 Å². The molecule has 4 nitrogen and oxygen atoms in total. The number of likely N-dealkylation sites (N-methyl/N-ethyl adjacent to an activating group) is 1. The summed E-state index contributed by atoms with van der Waals surface area (Å²) in [7, 11) is 1.82. The van der Waals surface area contributed by atoms with Gasteiger partial charge in [0.1, 0.15) is 0 Å². The Labute approximate surface area is 111 Å². The van der Waals surface area contributed by atoms with Crippen molar-refractivity contribution >= 4 is 17.4 Å². The van der Waals surface area contributed by atoms with E-state index in [0.29, 0.717) is 13.0 Å². The Balaban J connectivity index is 1.95. The Morgan fingerprint density at radius 2 is 2.28 bits per heavy atom. The van der Waals surface area contributed by atoms with Gasteiger partial charge in [0.05, 0.1) is 18.0 Å². The summed E-state index contributed by atoms with van der Waals surface area (Å²) in [6, 6.07) is 4.07. The smallest absolute Gasteiger partial charge is 0.320 e. The molecule has 1 aromatic rings. The van der Waals surface area contributed by atoms with Crippen molar-refractivity contribution in [1.29, 1.82) is 0 Å². The molecule has 18 heavy (non-hydrogen) atoms. The largest absolute Gasteiger partial charge is 0.395 e. The normalized spacial score (nSPS) is 14.9. The minimum Gasteiger partial charge on any atom is -0.395 e. The van der Waals surface area contributed by atoms with Crippen LogP contribution in [0.4, 0.5) is 4.79 Å². The summed E-state index contributed by atoms with van der Waals surface area (Å²) in [5.41, 5.74) is 0. The molecule has 0 aromatic carbocycles. The van der Waals surface area contributed by atoms with Gasteiger partial charge in [-0.2, -0.15) is 0 Å². The quantitative estimate of drug-likeness (QED) is 0.838. The lowest BCUT2D eigenvalue weighted by Gasteiger charge is -2.14. The first-order chi connectivity index (χ1) is 8.70. The van der Waals surface area contributed by atoms with E-state index in [9.17, 15) is 4.79 Å². The van der Waals surface area contributed by atoms with Gasteiger partial charge in [0.2, 0.25) is 0 Å². The van der Waals surface area contributed by atoms with Gasteiger partial charge in [-0.25, -0.2) is 4.79 Å². The molecule has 2 heterocycles. The second kappa shape index (κ2) is 5.89. The van der Waals surface area contributed by atoms with Crippen molar-refractivity contribution in [2.24, 2.45) is 0 Å². The fourth-order valence-corrected chi connectivity index (χ4v) is 2.67. The van der Waals surface area contributed by atoms with Gasteiger partial charge in [0, 0.05) is 31.4 Å². The highest BCUT2D eigenvalue weighted by molar-refractivity contribution is 7.12. The van der Waals surface area contributed by atoms with E-state index >= 15 is 0 Å². The van der Waals surface area contributed by atoms with Gasteiger partial charge in [0.15, 0.2) is 0 Å². The second-order valence-electron chi connectivity index (χ2n) is 4.17. The SMILES string of the molecule is CN1CCN(Cc2ccc(C#CCCO)s2)C1=O. The van der Waals surface area contributed by atoms with Crippen molar-refractivity contribution in [1.82, 2.24) is 9.80 Å². The van der Waals surface area contributed by atoms with Crippen LogP contribution in [0.1, 0.15) is 16.2 Å². The van der Waals surface area contributed by atoms with Crippen LogP contribution in [0.3, 0.4) is 0 Å². The zero-order valence-electron chi connectivity index (χ0n) is 10.3. The van der Waals surface area contributed by atoms with Crippen molar-refractivity contribution in [2.75, 3.05) is 26.7 Å². The third-order valence-electron chi connectivity index (χ3n) is 2.76. The molecule has 0 bridgehead atoms. The number of carbonyl (C=O) groups is 1. The van der Waals surface area contributed by atoms with Gasteiger partial charge in [-0.15, -0.1) is 11.3 Å². The molecule has 96 valence electrons. The molecule has 0 atom stereocenters. The maximum atomic E-state index is 11.7. The lowest BCUT2D eigenvalue weighted by atomic mass is 10.4. The van der Waals surface area contributed by atoms with Crippen LogP contribution in [0.25, 0.3) is 0 Å². The topological polar surface area (TPSA) is 43.8 Å². The minimum absolute atomic E-state index is 0.0938. The van der Waals surface area contributed by atoms with Crippen LogP contribution in [-0.2, 0) is 6.54 Å². The van der Waals surface area contributed by atoms with E-state index in [2.05, 4.69) is 11.8 Å². The Morgan fingerprint density at radius 3 is 2.94 bits per heavy atom. The van der Waals surface area contributed by atoms with Gasteiger partial charge < -0.3 is 14.9 Å². The summed E-state index contributed by atoms with van der Waals surface area (Å²) >= 11 is 1.61. The third kappa shape index (κ3) is 3.03. The fourth-order valence-electron chi connectivity index (χ4n) is 1.77. The maximum absolute atomic E-state index is 11.7. The Kier molecular flexibility index (Phi) is 4.24. The Morgan fingerprint density at radius 1 is 1.44 bits per heavy atom. The van der Waals surface area contributed by atoms with Crippen LogP contribution in [-0.4, -0.2) is 47.7 Å². The summed E-state index contributed by atoms with van der Waals surface area (Å²) in [5, 5.41) is 8.65. The molecule has 1 aromatic heterocycles. The van der Waals surface area contributed by atoms with E-state index in [0.717, 1.165) is 22.8 Å². The summed E-state index contributed by atoms with van der Waals surface area (Å²) in [4.78, 5) is 17.4. The summed E-state index contributed by atoms with van der Waals surface area (Å²) in [6.45, 7) is 2.35. The molecule has 1 aliphatic heterocycles. The molecule has 1 aliphatic rings. The first-order valence-electron chi connectivity index (χ1n) is 5.89. The number of amides is 2. The highest BCUT2D eigenvalue weighted by Crippen LogP contribution is 2.19. The van der Waals surface area contributed by atoms with Gasteiger partial charge >= 0.3 is 6.03 Å². The monoisotopic (exact) mass is 264 g/mol. The average Bonchev–Trinajstić information content (AvgIpc) is 2.92. The first kappa shape index (κ1) is 12.9. The van der Waals surface area contributed by atoms with Crippen molar-refractivity contribution in [3.05, 3.63) is 21.9 Å². The Bertz CT molecular complexity index is 487. The number of aliphatic hydroxyl groups is 1. The molecule has 5 heteroatoms. The molecule has 1 N–H and O–H groups in total. The van der Waals surface area contributed by atoms with Gasteiger partial charge in [-0.1, -0.05) is 11.8 Å². The van der Waals surface area contributed by atoms with Crippen LogP contribution in [0.2, 0.25) is 0 Å². The lowest BCUT2D eigenvalue weighted by molar-refractivity contribution is 0.197. The van der Waals surface area contributed by atoms with Gasteiger partial charge in [-0.05, 0) is 12.1 Å². The predicted octanol–water partition coefficient (Wildman–Crippen LogP) is 1.35. The number of carbonyl (C=O) groups excluding carboxylic acids is 1. The van der Waals surface area contributed by atoms with Crippen molar-refractivity contribution in [2.45, 2.75) is 13.0 Å². The van der Waals surface area contributed by atoms with Crippen LogP contribution >= 0.6 is 11.3 Å². The fraction of sp³-hybridized carbons (Fsp3) is 0.462. The molecule has 1 fully saturated rings. The Hall–Kier alpha value is -1.51. The average molecular weight is 264 g/mol. The molecule has 0 saturated carbocycles. The summed E-state index contributed by atoms with van der Waals surface area (Å²) in [5.74, 6) is 5.90. The van der Waals surface area contributed by atoms with Crippen LogP contribution in [0.15, 0.2) is 12.1 Å². The summed E-state index contributed by atoms with van der Waals surface area (Å²) < 4.78 is 0. The molecular formula is C13H16N2O2S. The number of aliphatic hydroxyl groups excluding tert-OH is 1. The van der Waals surface area contributed by atoms with E-state index in [1.807, 2.05) is 24.1 Å². The van der Waals surface area contributed by atoms with E-state index < -0.39 is 0 Å². The minimum atomic E-state index is 0.0938. The number of nitrogens with zero attached hydrogens (tertiary/aromatic N) is 2. The van der Waals surface area contributed by atoms with Crippen LogP contribution in [0.5, 0.6) is 0 Å². The molecule has 0 radical (unpaired) electrons. The molecule has 2 amide bonds. The number of rotatable bonds is 3. The highest BCUT2D eigenvalue weighted by atomic mass is 32.1. The second-order valence-corrected chi connectivity index (χ2v) is 5.34. The zero-order valence-corrected chi connectivity index (χ0v) is 11.2. The summed E-state index contributed by atoms with van der Waals surface area (Å²) in [6.07, 6.45) is 0.503. The molecular weight excluding hydrogens is 248 g/mol. The standard InChI is InChI=1S/C13H16N2O2S/c1-14-7-8-15(13(14)17)10-12-6-5-11(18-12)4-2-3-9-16/h5-6,16H,3,7-10H2,1H3. The molecule has 1 saturated heterocycles. The lowest BCUT2D eigenvalue weighted by Crippen LogP contribution is -2.28. The molecule has 0 spiro atoms. The maximum Gasteiger partial charge on any atom is 0.320 e. The predicted molar refractivity (Wildman–Crippen MR) is 71.3 cm³/mol. The van der Waals surface area contributed by atoms with Gasteiger partial charge in [0.25, 0.3) is 0 Å². The van der Waals surface area contributed by atoms with Crippen molar-refractivity contribution in [3.8, 4) is 11.8 Å². The van der Waals surface area contributed by atoms with Crippen LogP contribution < -0.4 is 0 Å². The van der Waals surface area contributed by atoms with E-state index in [4.69, 9.17) is 5.11 Å². The van der Waals surface area contributed by atoms with E-state index in [1.54, 1.807) is 16.2 Å². The number of hydrogen-bond donors (Lipinski definition) is 1. The number of hydrogen-bond acceptors (Lipinski definition) is 3. The third-order valence-corrected chi connectivity index (χ3v) is 3.74. The van der Waals surface area contributed by atoms with Crippen LogP contribution in [0, 0.1) is 11.8 Å². The number of thiophene rings is 1. The molecule has 0 unspecified atom stereocenters. The zero-order chi connectivity index (χ0) is 13.0. The van der Waals surface area contributed by atoms with E-state index in [1.165, 1.54) is 0 Å². The van der Waals surface area contributed by atoms with Crippen molar-refractivity contribution in [3.63, 3.8) is 0 Å².